The zero-order valence-electron chi connectivity index (χ0n) is 42.6. The van der Waals surface area contributed by atoms with Gasteiger partial charge in [-0.3, -0.25) is 14.4 Å². The molecule has 0 spiro atoms. The van der Waals surface area contributed by atoms with Crippen LogP contribution in [0.5, 0.6) is 0 Å². The van der Waals surface area contributed by atoms with Crippen LogP contribution in [0.15, 0.2) is 12.2 Å². The summed E-state index contributed by atoms with van der Waals surface area (Å²) < 4.78 is 16.8. The lowest BCUT2D eigenvalue weighted by molar-refractivity contribution is -0.167. The molecule has 0 aliphatic rings. The summed E-state index contributed by atoms with van der Waals surface area (Å²) in [7, 11) is 0. The molecular formula is C57H108O6. The molecule has 0 saturated carbocycles. The monoisotopic (exact) mass is 889 g/mol. The summed E-state index contributed by atoms with van der Waals surface area (Å²) in [6.45, 7) is 6.65. The van der Waals surface area contributed by atoms with E-state index < -0.39 is 6.10 Å². The molecule has 0 fully saturated rings. The minimum absolute atomic E-state index is 0.0681. The average Bonchev–Trinajstić information content (AvgIpc) is 3.28. The second-order valence-electron chi connectivity index (χ2n) is 19.2. The summed E-state index contributed by atoms with van der Waals surface area (Å²) in [5, 5.41) is 0. The van der Waals surface area contributed by atoms with Crippen LogP contribution in [0.2, 0.25) is 0 Å². The highest BCUT2D eigenvalue weighted by Gasteiger charge is 2.19. The van der Waals surface area contributed by atoms with Crippen molar-refractivity contribution in [3.8, 4) is 0 Å². The van der Waals surface area contributed by atoms with Crippen LogP contribution in [0.1, 0.15) is 316 Å². The number of allylic oxidation sites excluding steroid dienone is 2. The Hall–Kier alpha value is -1.85. The van der Waals surface area contributed by atoms with Crippen molar-refractivity contribution in [3.63, 3.8) is 0 Å². The highest BCUT2D eigenvalue weighted by Crippen LogP contribution is 2.17. The van der Waals surface area contributed by atoms with Crippen LogP contribution in [-0.2, 0) is 28.6 Å². The lowest BCUT2D eigenvalue weighted by atomic mass is 10.0. The van der Waals surface area contributed by atoms with Gasteiger partial charge in [0.05, 0.1) is 0 Å². The standard InChI is InChI=1S/C57H108O6/c1-4-7-10-13-16-19-21-23-25-27-28-29-30-31-33-34-36-38-41-44-47-50-56(59)62-53-54(52-61-55(58)49-46-43-40-18-15-12-9-6-3)63-57(60)51-48-45-42-39-37-35-32-26-24-22-20-17-14-11-8-5-2/h26,32,54H,4-25,27-31,33-53H2,1-3H3/b32-26-. The van der Waals surface area contributed by atoms with Crippen LogP contribution < -0.4 is 0 Å². The second kappa shape index (κ2) is 52.8. The molecule has 0 aromatic carbocycles. The molecule has 0 aliphatic carbocycles. The molecular weight excluding hydrogens is 781 g/mol. The maximum absolute atomic E-state index is 12.8. The van der Waals surface area contributed by atoms with Gasteiger partial charge >= 0.3 is 17.9 Å². The van der Waals surface area contributed by atoms with Crippen LogP contribution in [0.4, 0.5) is 0 Å². The number of carbonyl (C=O) groups is 3. The molecule has 0 saturated heterocycles. The Kier molecular flexibility index (Phi) is 51.2. The van der Waals surface area contributed by atoms with E-state index in [4.69, 9.17) is 14.2 Å². The fourth-order valence-corrected chi connectivity index (χ4v) is 8.50. The molecule has 372 valence electrons. The molecule has 0 aromatic rings. The zero-order valence-corrected chi connectivity index (χ0v) is 42.6. The third-order valence-corrected chi connectivity index (χ3v) is 12.8. The molecule has 1 atom stereocenters. The van der Waals surface area contributed by atoms with Crippen LogP contribution in [0.25, 0.3) is 0 Å². The molecule has 0 heterocycles. The number of hydrogen-bond donors (Lipinski definition) is 0. The second-order valence-corrected chi connectivity index (χ2v) is 19.2. The van der Waals surface area contributed by atoms with Gasteiger partial charge in [0.15, 0.2) is 6.10 Å². The number of ether oxygens (including phenoxy) is 3. The number of carbonyl (C=O) groups excluding carboxylic acids is 3. The molecule has 0 N–H and O–H groups in total. The summed E-state index contributed by atoms with van der Waals surface area (Å²) >= 11 is 0. The molecule has 6 heteroatoms. The highest BCUT2D eigenvalue weighted by molar-refractivity contribution is 5.71. The van der Waals surface area contributed by atoms with Crippen molar-refractivity contribution < 1.29 is 28.6 Å². The van der Waals surface area contributed by atoms with E-state index in [2.05, 4.69) is 32.9 Å². The van der Waals surface area contributed by atoms with E-state index in [1.807, 2.05) is 0 Å². The van der Waals surface area contributed by atoms with E-state index >= 15 is 0 Å². The van der Waals surface area contributed by atoms with E-state index in [9.17, 15) is 14.4 Å². The lowest BCUT2D eigenvalue weighted by Gasteiger charge is -2.18. The Morgan fingerprint density at radius 1 is 0.302 bits per heavy atom. The van der Waals surface area contributed by atoms with Crippen molar-refractivity contribution in [1.29, 1.82) is 0 Å². The van der Waals surface area contributed by atoms with Gasteiger partial charge in [0, 0.05) is 19.3 Å². The maximum atomic E-state index is 12.8. The summed E-state index contributed by atoms with van der Waals surface area (Å²) in [6, 6.07) is 0. The van der Waals surface area contributed by atoms with Crippen LogP contribution in [-0.4, -0.2) is 37.2 Å². The van der Waals surface area contributed by atoms with Crippen molar-refractivity contribution in [2.45, 2.75) is 322 Å². The molecule has 6 nitrogen and oxygen atoms in total. The van der Waals surface area contributed by atoms with Gasteiger partial charge in [-0.2, -0.15) is 0 Å². The minimum Gasteiger partial charge on any atom is -0.462 e. The van der Waals surface area contributed by atoms with Crippen molar-refractivity contribution in [3.05, 3.63) is 12.2 Å². The van der Waals surface area contributed by atoms with Crippen LogP contribution in [0.3, 0.4) is 0 Å². The summed E-state index contributed by atoms with van der Waals surface area (Å²) in [6.07, 6.45) is 59.3. The van der Waals surface area contributed by atoms with Gasteiger partial charge in [0.1, 0.15) is 13.2 Å². The SMILES string of the molecule is CCCCCCCCC/C=C\CCCCCCCC(=O)OC(COC(=O)CCCCCCCCCC)COC(=O)CCCCCCCCCCCCCCCCCCCCCCC. The Labute approximate surface area is 392 Å². The molecule has 0 bridgehead atoms. The Bertz CT molecular complexity index is 978. The highest BCUT2D eigenvalue weighted by atomic mass is 16.6. The molecule has 0 aliphatic heterocycles. The third kappa shape index (κ3) is 51.0. The minimum atomic E-state index is -0.767. The summed E-state index contributed by atoms with van der Waals surface area (Å²) in [5.41, 5.74) is 0. The number of hydrogen-bond acceptors (Lipinski definition) is 6. The van der Waals surface area contributed by atoms with Gasteiger partial charge in [-0.1, -0.05) is 264 Å². The first-order valence-corrected chi connectivity index (χ1v) is 28.2. The summed E-state index contributed by atoms with van der Waals surface area (Å²) in [5.74, 6) is -0.861. The number of esters is 3. The predicted octanol–water partition coefficient (Wildman–Crippen LogP) is 18.5. The van der Waals surface area contributed by atoms with Crippen molar-refractivity contribution in [2.75, 3.05) is 13.2 Å². The van der Waals surface area contributed by atoms with E-state index in [1.54, 1.807) is 0 Å². The van der Waals surface area contributed by atoms with Gasteiger partial charge in [0.2, 0.25) is 0 Å². The molecule has 1 unspecified atom stereocenters. The van der Waals surface area contributed by atoms with E-state index in [0.29, 0.717) is 19.3 Å². The fraction of sp³-hybridized carbons (Fsp3) is 0.912. The van der Waals surface area contributed by atoms with Crippen LogP contribution >= 0.6 is 0 Å². The van der Waals surface area contributed by atoms with Gasteiger partial charge in [-0.25, -0.2) is 0 Å². The zero-order chi connectivity index (χ0) is 45.8. The van der Waals surface area contributed by atoms with Crippen molar-refractivity contribution >= 4 is 17.9 Å². The van der Waals surface area contributed by atoms with Gasteiger partial charge in [-0.15, -0.1) is 0 Å². The summed E-state index contributed by atoms with van der Waals surface area (Å²) in [4.78, 5) is 37.9. The van der Waals surface area contributed by atoms with E-state index in [-0.39, 0.29) is 31.1 Å². The topological polar surface area (TPSA) is 78.9 Å². The quantitative estimate of drug-likeness (QED) is 0.0262. The van der Waals surface area contributed by atoms with Crippen molar-refractivity contribution in [2.24, 2.45) is 0 Å². The average molecular weight is 889 g/mol. The normalized spacial score (nSPS) is 12.0. The Morgan fingerprint density at radius 3 is 0.794 bits per heavy atom. The largest absolute Gasteiger partial charge is 0.462 e. The third-order valence-electron chi connectivity index (χ3n) is 12.8. The van der Waals surface area contributed by atoms with Crippen LogP contribution in [0, 0.1) is 0 Å². The van der Waals surface area contributed by atoms with Gasteiger partial charge < -0.3 is 14.2 Å². The first kappa shape index (κ1) is 61.1. The first-order valence-electron chi connectivity index (χ1n) is 28.2. The lowest BCUT2D eigenvalue weighted by Crippen LogP contribution is -2.30. The molecule has 0 rings (SSSR count). The Morgan fingerprint density at radius 2 is 0.524 bits per heavy atom. The number of unbranched alkanes of at least 4 members (excludes halogenated alkanes) is 39. The maximum Gasteiger partial charge on any atom is 0.306 e. The smallest absolute Gasteiger partial charge is 0.306 e. The first-order chi connectivity index (χ1) is 31.0. The van der Waals surface area contributed by atoms with E-state index in [1.165, 1.54) is 212 Å². The van der Waals surface area contributed by atoms with E-state index in [0.717, 1.165) is 64.2 Å². The molecule has 0 amide bonds. The Balaban J connectivity index is 4.18. The molecule has 0 aromatic heterocycles. The van der Waals surface area contributed by atoms with Gasteiger partial charge in [0.25, 0.3) is 0 Å². The fourth-order valence-electron chi connectivity index (χ4n) is 8.50. The predicted molar refractivity (Wildman–Crippen MR) is 270 cm³/mol. The van der Waals surface area contributed by atoms with Gasteiger partial charge in [-0.05, 0) is 44.9 Å². The molecule has 63 heavy (non-hydrogen) atoms. The molecule has 0 radical (unpaired) electrons. The number of rotatable bonds is 52. The van der Waals surface area contributed by atoms with Crippen molar-refractivity contribution in [1.82, 2.24) is 0 Å².